The molecule has 2 nitrogen and oxygen atoms in total. The van der Waals surface area contributed by atoms with Crippen molar-refractivity contribution in [2.75, 3.05) is 6.54 Å². The highest BCUT2D eigenvalue weighted by atomic mass is 14.9. The van der Waals surface area contributed by atoms with Crippen LogP contribution in [0.15, 0.2) is 0 Å². The van der Waals surface area contributed by atoms with Crippen molar-refractivity contribution in [3.05, 3.63) is 0 Å². The summed E-state index contributed by atoms with van der Waals surface area (Å²) in [5, 5.41) is 11.9. The Morgan fingerprint density at radius 2 is 0.920 bits per heavy atom. The first-order valence-electron chi connectivity index (χ1n) is 11.4. The average molecular weight is 351 g/mol. The van der Waals surface area contributed by atoms with E-state index in [0.717, 1.165) is 6.54 Å². The van der Waals surface area contributed by atoms with Crippen LogP contribution in [0.5, 0.6) is 0 Å². The first kappa shape index (κ1) is 24.5. The molecule has 0 heterocycles. The molecule has 1 unspecified atom stereocenters. The van der Waals surface area contributed by atoms with E-state index in [9.17, 15) is 0 Å². The number of nitriles is 1. The summed E-state index contributed by atoms with van der Waals surface area (Å²) in [5.41, 5.74) is 0. The molecule has 0 spiro atoms. The van der Waals surface area contributed by atoms with Crippen molar-refractivity contribution in [1.29, 1.82) is 5.26 Å². The van der Waals surface area contributed by atoms with Crippen LogP contribution < -0.4 is 5.32 Å². The third kappa shape index (κ3) is 21.4. The Morgan fingerprint density at radius 3 is 1.24 bits per heavy atom. The minimum absolute atomic E-state index is 0.00537. The zero-order chi connectivity index (χ0) is 18.4. The molecule has 0 rings (SSSR count). The number of hydrogen-bond acceptors (Lipinski definition) is 2. The van der Waals surface area contributed by atoms with E-state index in [0.29, 0.717) is 0 Å². The van der Waals surface area contributed by atoms with Crippen LogP contribution in [0.25, 0.3) is 0 Å². The van der Waals surface area contributed by atoms with Crippen LogP contribution in [0.2, 0.25) is 0 Å². The third-order valence-electron chi connectivity index (χ3n) is 5.17. The summed E-state index contributed by atoms with van der Waals surface area (Å²) in [6.45, 7) is 5.21. The number of nitrogens with one attached hydrogen (secondary N) is 1. The number of hydrogen-bond donors (Lipinski definition) is 1. The zero-order valence-electron chi connectivity index (χ0n) is 17.5. The Kier molecular flexibility index (Phi) is 21.0. The number of nitrogens with zero attached hydrogens (tertiary/aromatic N) is 1. The van der Waals surface area contributed by atoms with Crippen LogP contribution in [-0.2, 0) is 0 Å². The van der Waals surface area contributed by atoms with E-state index in [1.165, 1.54) is 116 Å². The maximum Gasteiger partial charge on any atom is 0.0924 e. The molecule has 0 aromatic heterocycles. The van der Waals surface area contributed by atoms with Crippen molar-refractivity contribution in [2.45, 2.75) is 135 Å². The van der Waals surface area contributed by atoms with Crippen molar-refractivity contribution >= 4 is 0 Å². The molecule has 0 saturated heterocycles. The molecule has 0 aromatic carbocycles. The normalized spacial score (nSPS) is 12.2. The van der Waals surface area contributed by atoms with Gasteiger partial charge in [0.1, 0.15) is 0 Å². The number of unbranched alkanes of at least 4 members (excludes halogenated alkanes) is 17. The van der Waals surface area contributed by atoms with Crippen LogP contribution in [0.1, 0.15) is 129 Å². The molecule has 1 N–H and O–H groups in total. The summed E-state index contributed by atoms with van der Waals surface area (Å²) in [4.78, 5) is 0. The molecule has 0 radical (unpaired) electrons. The fraction of sp³-hybridized carbons (Fsp3) is 0.957. The van der Waals surface area contributed by atoms with E-state index in [4.69, 9.17) is 5.26 Å². The van der Waals surface area contributed by atoms with Crippen molar-refractivity contribution < 1.29 is 0 Å². The molecular formula is C23H46N2. The van der Waals surface area contributed by atoms with Crippen LogP contribution in [0, 0.1) is 11.3 Å². The molecule has 0 saturated carbocycles. The first-order valence-corrected chi connectivity index (χ1v) is 11.4. The van der Waals surface area contributed by atoms with Crippen LogP contribution in [0.3, 0.4) is 0 Å². The van der Waals surface area contributed by atoms with Crippen molar-refractivity contribution in [3.8, 4) is 6.07 Å². The molecule has 148 valence electrons. The van der Waals surface area contributed by atoms with Crippen molar-refractivity contribution in [1.82, 2.24) is 5.32 Å². The molecule has 0 bridgehead atoms. The molecule has 0 amide bonds. The van der Waals surface area contributed by atoms with Crippen LogP contribution >= 0.6 is 0 Å². The molecule has 1 atom stereocenters. The lowest BCUT2D eigenvalue weighted by Gasteiger charge is -2.06. The maximum atomic E-state index is 8.67. The highest BCUT2D eigenvalue weighted by Gasteiger charge is 1.97. The first-order chi connectivity index (χ1) is 12.3. The lowest BCUT2D eigenvalue weighted by atomic mass is 10.0. The summed E-state index contributed by atoms with van der Waals surface area (Å²) >= 11 is 0. The van der Waals surface area contributed by atoms with E-state index in [1.54, 1.807) is 0 Å². The van der Waals surface area contributed by atoms with Gasteiger partial charge in [0.15, 0.2) is 0 Å². The second kappa shape index (κ2) is 21.5. The summed E-state index contributed by atoms with van der Waals surface area (Å²) in [5.74, 6) is 0. The lowest BCUT2D eigenvalue weighted by molar-refractivity contribution is 0.520. The Hall–Kier alpha value is -0.550. The zero-order valence-corrected chi connectivity index (χ0v) is 17.5. The molecule has 0 aliphatic heterocycles. The third-order valence-corrected chi connectivity index (χ3v) is 5.17. The molecule has 0 aliphatic rings. The molecular weight excluding hydrogens is 304 g/mol. The van der Waals surface area contributed by atoms with Gasteiger partial charge in [-0.05, 0) is 19.9 Å². The summed E-state index contributed by atoms with van der Waals surface area (Å²) in [6.07, 6.45) is 25.5. The van der Waals surface area contributed by atoms with Gasteiger partial charge in [0.25, 0.3) is 0 Å². The SMILES string of the molecule is CCCCCCCCCCCCCCCCCCCCNC(C)C#N. The molecule has 2 heteroatoms. The number of rotatable bonds is 20. The highest BCUT2D eigenvalue weighted by Crippen LogP contribution is 2.14. The highest BCUT2D eigenvalue weighted by molar-refractivity contribution is 4.84. The van der Waals surface area contributed by atoms with Gasteiger partial charge in [0, 0.05) is 0 Å². The summed E-state index contributed by atoms with van der Waals surface area (Å²) < 4.78 is 0. The molecule has 0 aromatic rings. The fourth-order valence-electron chi connectivity index (χ4n) is 3.39. The monoisotopic (exact) mass is 350 g/mol. The topological polar surface area (TPSA) is 35.8 Å². The van der Waals surface area contributed by atoms with Crippen LogP contribution in [-0.4, -0.2) is 12.6 Å². The molecule has 0 fully saturated rings. The fourth-order valence-corrected chi connectivity index (χ4v) is 3.39. The van der Waals surface area contributed by atoms with Gasteiger partial charge in [-0.3, -0.25) is 0 Å². The minimum Gasteiger partial charge on any atom is -0.302 e. The average Bonchev–Trinajstić information content (AvgIpc) is 2.63. The second-order valence-corrected chi connectivity index (χ2v) is 7.82. The Bertz CT molecular complexity index is 282. The van der Waals surface area contributed by atoms with Gasteiger partial charge >= 0.3 is 0 Å². The molecule has 0 aliphatic carbocycles. The largest absolute Gasteiger partial charge is 0.302 e. The Balaban J connectivity index is 3.00. The minimum atomic E-state index is 0.00537. The van der Waals surface area contributed by atoms with Gasteiger partial charge in [-0.25, -0.2) is 0 Å². The van der Waals surface area contributed by atoms with E-state index in [-0.39, 0.29) is 6.04 Å². The quantitative estimate of drug-likeness (QED) is 0.230. The Morgan fingerprint density at radius 1 is 0.600 bits per heavy atom. The van der Waals surface area contributed by atoms with Crippen molar-refractivity contribution in [2.24, 2.45) is 0 Å². The van der Waals surface area contributed by atoms with E-state index in [1.807, 2.05) is 6.92 Å². The summed E-state index contributed by atoms with van der Waals surface area (Å²) in [6, 6.07) is 2.22. The van der Waals surface area contributed by atoms with Crippen molar-refractivity contribution in [3.63, 3.8) is 0 Å². The standard InChI is InChI=1S/C23H46N2/c1-3-4-5-6-7-8-9-10-11-12-13-14-15-16-17-18-19-20-21-25-23(2)22-24/h23,25H,3-21H2,1-2H3. The van der Waals surface area contributed by atoms with E-state index < -0.39 is 0 Å². The van der Waals surface area contributed by atoms with Gasteiger partial charge in [0.05, 0.1) is 12.1 Å². The smallest absolute Gasteiger partial charge is 0.0924 e. The van der Waals surface area contributed by atoms with Crippen LogP contribution in [0.4, 0.5) is 0 Å². The van der Waals surface area contributed by atoms with Gasteiger partial charge < -0.3 is 5.32 Å². The van der Waals surface area contributed by atoms with Gasteiger partial charge in [-0.1, -0.05) is 116 Å². The predicted molar refractivity (Wildman–Crippen MR) is 112 cm³/mol. The summed E-state index contributed by atoms with van der Waals surface area (Å²) in [7, 11) is 0. The van der Waals surface area contributed by atoms with Gasteiger partial charge in [0.2, 0.25) is 0 Å². The van der Waals surface area contributed by atoms with Gasteiger partial charge in [-0.15, -0.1) is 0 Å². The van der Waals surface area contributed by atoms with Gasteiger partial charge in [-0.2, -0.15) is 5.26 Å². The second-order valence-electron chi connectivity index (χ2n) is 7.82. The predicted octanol–water partition coefficient (Wildman–Crippen LogP) is 7.53. The lowest BCUT2D eigenvalue weighted by Crippen LogP contribution is -2.25. The molecule has 25 heavy (non-hydrogen) atoms. The van der Waals surface area contributed by atoms with E-state index in [2.05, 4.69) is 18.3 Å². The maximum absolute atomic E-state index is 8.67. The Labute approximate surface area is 159 Å². The van der Waals surface area contributed by atoms with E-state index >= 15 is 0 Å².